The molecule has 3 N–H and O–H groups in total. The zero-order chi connectivity index (χ0) is 19.3. The first-order chi connectivity index (χ1) is 13.0. The van der Waals surface area contributed by atoms with Gasteiger partial charge in [0.2, 0.25) is 5.91 Å². The van der Waals surface area contributed by atoms with Crippen LogP contribution in [0.3, 0.4) is 0 Å². The standard InChI is InChI=1S/C20H20FN3O3/c21-16-8-6-14(7-9-16)11-13-22-17(25)10-12-20(15-4-2-1-3-5-15)18(26)23-19(27)24-20/h1-9H,10-13H2,(H,22,25)(H2,23,24,26,27). The molecular formula is C20H20FN3O3. The summed E-state index contributed by atoms with van der Waals surface area (Å²) in [6, 6.07) is 14.4. The number of hydrogen-bond acceptors (Lipinski definition) is 3. The molecule has 3 rings (SSSR count). The summed E-state index contributed by atoms with van der Waals surface area (Å²) in [6.07, 6.45) is 0.802. The summed E-state index contributed by atoms with van der Waals surface area (Å²) in [5, 5.41) is 7.70. The number of urea groups is 1. The number of rotatable bonds is 7. The molecule has 0 radical (unpaired) electrons. The van der Waals surface area contributed by atoms with Crippen molar-refractivity contribution in [2.75, 3.05) is 6.54 Å². The van der Waals surface area contributed by atoms with Crippen LogP contribution in [0, 0.1) is 5.82 Å². The Morgan fingerprint density at radius 3 is 2.37 bits per heavy atom. The summed E-state index contributed by atoms with van der Waals surface area (Å²) >= 11 is 0. The molecule has 1 aliphatic rings. The number of halogens is 1. The molecule has 1 atom stereocenters. The van der Waals surface area contributed by atoms with Gasteiger partial charge < -0.3 is 10.6 Å². The maximum atomic E-state index is 12.9. The Balaban J connectivity index is 1.57. The first kappa shape index (κ1) is 18.6. The van der Waals surface area contributed by atoms with Gasteiger partial charge in [-0.05, 0) is 36.1 Å². The molecule has 0 aromatic heterocycles. The first-order valence-corrected chi connectivity index (χ1v) is 8.70. The second kappa shape index (κ2) is 7.99. The summed E-state index contributed by atoms with van der Waals surface area (Å²) in [6.45, 7) is 0.404. The van der Waals surface area contributed by atoms with Crippen molar-refractivity contribution in [3.8, 4) is 0 Å². The predicted molar refractivity (Wildman–Crippen MR) is 97.1 cm³/mol. The number of benzene rings is 2. The molecule has 1 aliphatic heterocycles. The highest BCUT2D eigenvalue weighted by Crippen LogP contribution is 2.29. The quantitative estimate of drug-likeness (QED) is 0.653. The van der Waals surface area contributed by atoms with Crippen LogP contribution in [0.1, 0.15) is 24.0 Å². The third kappa shape index (κ3) is 4.31. The van der Waals surface area contributed by atoms with Gasteiger partial charge in [0.1, 0.15) is 11.4 Å². The molecule has 0 aliphatic carbocycles. The SMILES string of the molecule is O=C(CCC1(c2ccccc2)NC(=O)NC1=O)NCCc1ccc(F)cc1. The zero-order valence-corrected chi connectivity index (χ0v) is 14.6. The third-order valence-electron chi connectivity index (χ3n) is 4.58. The number of amides is 4. The highest BCUT2D eigenvalue weighted by Gasteiger charge is 2.47. The molecule has 1 saturated heterocycles. The summed E-state index contributed by atoms with van der Waals surface area (Å²) in [4.78, 5) is 36.2. The molecule has 1 heterocycles. The van der Waals surface area contributed by atoms with E-state index in [0.29, 0.717) is 18.5 Å². The van der Waals surface area contributed by atoms with Crippen LogP contribution in [0.2, 0.25) is 0 Å². The Kier molecular flexibility index (Phi) is 5.49. The van der Waals surface area contributed by atoms with Gasteiger partial charge in [-0.2, -0.15) is 0 Å². The third-order valence-corrected chi connectivity index (χ3v) is 4.58. The fraction of sp³-hybridized carbons (Fsp3) is 0.250. The van der Waals surface area contributed by atoms with Gasteiger partial charge in [0.25, 0.3) is 5.91 Å². The molecule has 1 fully saturated rings. The Labute approximate surface area is 156 Å². The van der Waals surface area contributed by atoms with Crippen LogP contribution >= 0.6 is 0 Å². The van der Waals surface area contributed by atoms with Crippen LogP contribution in [0.15, 0.2) is 54.6 Å². The number of imide groups is 1. The second-order valence-electron chi connectivity index (χ2n) is 6.41. The second-order valence-corrected chi connectivity index (χ2v) is 6.41. The van der Waals surface area contributed by atoms with E-state index >= 15 is 0 Å². The summed E-state index contributed by atoms with van der Waals surface area (Å²) < 4.78 is 12.9. The lowest BCUT2D eigenvalue weighted by molar-refractivity contribution is -0.125. The van der Waals surface area contributed by atoms with Crippen molar-refractivity contribution in [1.29, 1.82) is 0 Å². The molecule has 2 aromatic carbocycles. The van der Waals surface area contributed by atoms with E-state index in [1.165, 1.54) is 12.1 Å². The smallest absolute Gasteiger partial charge is 0.322 e. The normalized spacial score (nSPS) is 18.7. The number of carbonyl (C=O) groups is 3. The Hall–Kier alpha value is -3.22. The molecule has 1 unspecified atom stereocenters. The van der Waals surface area contributed by atoms with Crippen LogP contribution < -0.4 is 16.0 Å². The van der Waals surface area contributed by atoms with Crippen molar-refractivity contribution in [2.24, 2.45) is 0 Å². The average Bonchev–Trinajstić information content (AvgIpc) is 2.97. The first-order valence-electron chi connectivity index (χ1n) is 8.70. The molecule has 7 heteroatoms. The molecule has 4 amide bonds. The largest absolute Gasteiger partial charge is 0.356 e. The van der Waals surface area contributed by atoms with Gasteiger partial charge in [0.15, 0.2) is 0 Å². The monoisotopic (exact) mass is 369 g/mol. The van der Waals surface area contributed by atoms with E-state index in [2.05, 4.69) is 16.0 Å². The molecular weight excluding hydrogens is 349 g/mol. The van der Waals surface area contributed by atoms with E-state index < -0.39 is 17.5 Å². The minimum Gasteiger partial charge on any atom is -0.356 e. The minimum atomic E-state index is -1.24. The average molecular weight is 369 g/mol. The highest BCUT2D eigenvalue weighted by atomic mass is 19.1. The van der Waals surface area contributed by atoms with Gasteiger partial charge >= 0.3 is 6.03 Å². The van der Waals surface area contributed by atoms with E-state index in [1.54, 1.807) is 36.4 Å². The van der Waals surface area contributed by atoms with E-state index in [-0.39, 0.29) is 24.6 Å². The number of nitrogens with one attached hydrogen (secondary N) is 3. The van der Waals surface area contributed by atoms with Crippen LogP contribution in [0.4, 0.5) is 9.18 Å². The van der Waals surface area contributed by atoms with Gasteiger partial charge in [-0.3, -0.25) is 14.9 Å². The summed E-state index contributed by atoms with van der Waals surface area (Å²) in [7, 11) is 0. The number of hydrogen-bond donors (Lipinski definition) is 3. The van der Waals surface area contributed by atoms with Crippen molar-refractivity contribution >= 4 is 17.8 Å². The molecule has 0 spiro atoms. The van der Waals surface area contributed by atoms with Gasteiger partial charge in [-0.1, -0.05) is 42.5 Å². The van der Waals surface area contributed by atoms with Crippen LogP contribution in [-0.2, 0) is 21.5 Å². The molecule has 2 aromatic rings. The molecule has 6 nitrogen and oxygen atoms in total. The van der Waals surface area contributed by atoms with Crippen molar-refractivity contribution in [2.45, 2.75) is 24.8 Å². The summed E-state index contributed by atoms with van der Waals surface area (Å²) in [5.41, 5.74) is 0.305. The summed E-state index contributed by atoms with van der Waals surface area (Å²) in [5.74, 6) is -0.981. The fourth-order valence-electron chi connectivity index (χ4n) is 3.12. The van der Waals surface area contributed by atoms with Crippen molar-refractivity contribution in [1.82, 2.24) is 16.0 Å². The number of carbonyl (C=O) groups excluding carboxylic acids is 3. The van der Waals surface area contributed by atoms with Crippen molar-refractivity contribution < 1.29 is 18.8 Å². The topological polar surface area (TPSA) is 87.3 Å². The molecule has 140 valence electrons. The Bertz CT molecular complexity index is 839. The predicted octanol–water partition coefficient (Wildman–Crippen LogP) is 2.00. The van der Waals surface area contributed by atoms with E-state index in [0.717, 1.165) is 5.56 Å². The lowest BCUT2D eigenvalue weighted by Crippen LogP contribution is -2.44. The van der Waals surface area contributed by atoms with Crippen LogP contribution in [0.5, 0.6) is 0 Å². The zero-order valence-electron chi connectivity index (χ0n) is 14.6. The van der Waals surface area contributed by atoms with Crippen molar-refractivity contribution in [3.05, 3.63) is 71.5 Å². The van der Waals surface area contributed by atoms with Crippen molar-refractivity contribution in [3.63, 3.8) is 0 Å². The van der Waals surface area contributed by atoms with Crippen LogP contribution in [0.25, 0.3) is 0 Å². The molecule has 27 heavy (non-hydrogen) atoms. The highest BCUT2D eigenvalue weighted by molar-refractivity contribution is 6.07. The van der Waals surface area contributed by atoms with Gasteiger partial charge in [0.05, 0.1) is 0 Å². The minimum absolute atomic E-state index is 0.0754. The van der Waals surface area contributed by atoms with Gasteiger partial charge in [0, 0.05) is 13.0 Å². The van der Waals surface area contributed by atoms with Crippen LogP contribution in [-0.4, -0.2) is 24.4 Å². The molecule has 0 bridgehead atoms. The van der Waals surface area contributed by atoms with Gasteiger partial charge in [-0.25, -0.2) is 9.18 Å². The van der Waals surface area contributed by atoms with E-state index in [9.17, 15) is 18.8 Å². The maximum Gasteiger partial charge on any atom is 0.322 e. The van der Waals surface area contributed by atoms with E-state index in [1.807, 2.05) is 6.07 Å². The van der Waals surface area contributed by atoms with E-state index in [4.69, 9.17) is 0 Å². The maximum absolute atomic E-state index is 12.9. The lowest BCUT2D eigenvalue weighted by Gasteiger charge is -2.26. The fourth-order valence-corrected chi connectivity index (χ4v) is 3.12. The van der Waals surface area contributed by atoms with Gasteiger partial charge in [-0.15, -0.1) is 0 Å². The Morgan fingerprint density at radius 1 is 1.04 bits per heavy atom. The lowest BCUT2D eigenvalue weighted by atomic mass is 9.85. The molecule has 0 saturated carbocycles. The Morgan fingerprint density at radius 2 is 1.74 bits per heavy atom.